The largest absolute Gasteiger partial charge is 0.391 e. The molecule has 1 unspecified atom stereocenters. The first-order valence-electron chi connectivity index (χ1n) is 4.97. The molecule has 1 atom stereocenters. The van der Waals surface area contributed by atoms with E-state index in [1.54, 1.807) is 0 Å². The maximum Gasteiger partial charge on any atom is 0.0278 e. The molecule has 0 aliphatic carbocycles. The van der Waals surface area contributed by atoms with Gasteiger partial charge in [-0.05, 0) is 24.6 Å². The van der Waals surface area contributed by atoms with Gasteiger partial charge in [-0.2, -0.15) is 0 Å². The highest BCUT2D eigenvalue weighted by Crippen LogP contribution is 2.03. The van der Waals surface area contributed by atoms with Gasteiger partial charge in [0, 0.05) is 19.3 Å². The van der Waals surface area contributed by atoms with Gasteiger partial charge < -0.3 is 10.6 Å². The minimum Gasteiger partial charge on any atom is -0.391 e. The molecule has 2 heteroatoms. The van der Waals surface area contributed by atoms with Gasteiger partial charge in [-0.25, -0.2) is 0 Å². The maximum absolute atomic E-state index is 3.78. The van der Waals surface area contributed by atoms with Crippen molar-refractivity contribution in [1.29, 1.82) is 0 Å². The fraction of sp³-hybridized carbons (Fsp3) is 0.636. The molecule has 0 saturated carbocycles. The van der Waals surface area contributed by atoms with Gasteiger partial charge in [0.1, 0.15) is 0 Å². The van der Waals surface area contributed by atoms with Crippen molar-refractivity contribution in [2.75, 3.05) is 13.6 Å². The predicted molar refractivity (Wildman–Crippen MR) is 59.4 cm³/mol. The molecule has 0 spiro atoms. The van der Waals surface area contributed by atoms with Crippen molar-refractivity contribution in [3.8, 4) is 0 Å². The van der Waals surface area contributed by atoms with Gasteiger partial charge >= 0.3 is 0 Å². The van der Waals surface area contributed by atoms with Crippen LogP contribution in [0, 0.1) is 5.92 Å². The Labute approximate surface area is 82.1 Å². The summed E-state index contributed by atoms with van der Waals surface area (Å²) in [4.78, 5) is 0. The summed E-state index contributed by atoms with van der Waals surface area (Å²) in [6, 6.07) is 0. The zero-order chi connectivity index (χ0) is 10.1. The molecule has 0 saturated heterocycles. The van der Waals surface area contributed by atoms with Gasteiger partial charge in [-0.3, -0.25) is 0 Å². The van der Waals surface area contributed by atoms with Crippen molar-refractivity contribution in [2.24, 2.45) is 5.92 Å². The summed E-state index contributed by atoms with van der Waals surface area (Å²) in [5, 5.41) is 6.19. The molecule has 0 aromatic heterocycles. The summed E-state index contributed by atoms with van der Waals surface area (Å²) < 4.78 is 0. The highest BCUT2D eigenvalue weighted by atomic mass is 14.8. The van der Waals surface area contributed by atoms with E-state index < -0.39 is 0 Å². The molecular weight excluding hydrogens is 160 g/mol. The normalized spacial score (nSPS) is 12.8. The average molecular weight is 182 g/mol. The summed E-state index contributed by atoms with van der Waals surface area (Å²) in [6.45, 7) is 9.33. The highest BCUT2D eigenvalue weighted by Gasteiger charge is 1.95. The van der Waals surface area contributed by atoms with E-state index in [1.165, 1.54) is 12.8 Å². The Balaban J connectivity index is 3.35. The van der Waals surface area contributed by atoms with Gasteiger partial charge in [0.05, 0.1) is 0 Å². The first kappa shape index (κ1) is 12.1. The van der Waals surface area contributed by atoms with Crippen LogP contribution in [0.3, 0.4) is 0 Å². The second-order valence-electron chi connectivity index (χ2n) is 3.36. The van der Waals surface area contributed by atoms with Crippen LogP contribution in [0.25, 0.3) is 0 Å². The molecule has 0 aromatic rings. The van der Waals surface area contributed by atoms with Crippen molar-refractivity contribution in [2.45, 2.75) is 26.7 Å². The molecule has 2 nitrogen and oxygen atoms in total. The number of rotatable bonds is 7. The topological polar surface area (TPSA) is 24.1 Å². The van der Waals surface area contributed by atoms with Gasteiger partial charge in [-0.15, -0.1) is 0 Å². The lowest BCUT2D eigenvalue weighted by Crippen LogP contribution is -2.11. The lowest BCUT2D eigenvalue weighted by molar-refractivity contribution is 0.508. The zero-order valence-electron chi connectivity index (χ0n) is 9.06. The second kappa shape index (κ2) is 7.71. The van der Waals surface area contributed by atoms with E-state index in [0.717, 1.165) is 18.2 Å². The van der Waals surface area contributed by atoms with Crippen LogP contribution < -0.4 is 10.6 Å². The van der Waals surface area contributed by atoms with E-state index in [1.807, 2.05) is 19.3 Å². The van der Waals surface area contributed by atoms with Crippen LogP contribution in [0.2, 0.25) is 0 Å². The summed E-state index contributed by atoms with van der Waals surface area (Å²) >= 11 is 0. The summed E-state index contributed by atoms with van der Waals surface area (Å²) in [7, 11) is 1.87. The predicted octanol–water partition coefficient (Wildman–Crippen LogP) is 2.26. The van der Waals surface area contributed by atoms with Crippen molar-refractivity contribution in [3.05, 3.63) is 24.6 Å². The molecule has 0 heterocycles. The fourth-order valence-corrected chi connectivity index (χ4v) is 0.860. The smallest absolute Gasteiger partial charge is 0.0278 e. The van der Waals surface area contributed by atoms with Crippen LogP contribution in [-0.4, -0.2) is 13.6 Å². The first-order chi connectivity index (χ1) is 6.20. The van der Waals surface area contributed by atoms with Crippen LogP contribution in [-0.2, 0) is 0 Å². The number of nitrogens with one attached hydrogen (secondary N) is 2. The lowest BCUT2D eigenvalue weighted by atomic mass is 10.1. The minimum atomic E-state index is 0.813. The Morgan fingerprint density at radius 2 is 2.23 bits per heavy atom. The SMILES string of the molecule is C=C(/C=C\NCCC(C)CC)NC. The Morgan fingerprint density at radius 1 is 1.54 bits per heavy atom. The Morgan fingerprint density at radius 3 is 2.77 bits per heavy atom. The molecule has 0 radical (unpaired) electrons. The van der Waals surface area contributed by atoms with Gasteiger partial charge in [0.2, 0.25) is 0 Å². The van der Waals surface area contributed by atoms with Crippen molar-refractivity contribution < 1.29 is 0 Å². The molecular formula is C11H22N2. The lowest BCUT2D eigenvalue weighted by Gasteiger charge is -2.07. The molecule has 0 fully saturated rings. The summed E-state index contributed by atoms with van der Waals surface area (Å²) in [6.07, 6.45) is 6.37. The molecule has 0 rings (SSSR count). The Kier molecular flexibility index (Phi) is 7.17. The average Bonchev–Trinajstić information content (AvgIpc) is 2.16. The van der Waals surface area contributed by atoms with Crippen molar-refractivity contribution >= 4 is 0 Å². The van der Waals surface area contributed by atoms with Gasteiger partial charge in [-0.1, -0.05) is 26.8 Å². The molecule has 0 aliphatic rings. The third kappa shape index (κ3) is 7.44. The summed E-state index contributed by atoms with van der Waals surface area (Å²) in [5.74, 6) is 0.813. The van der Waals surface area contributed by atoms with Crippen LogP contribution in [0.15, 0.2) is 24.6 Å². The van der Waals surface area contributed by atoms with E-state index in [9.17, 15) is 0 Å². The molecule has 0 bridgehead atoms. The fourth-order valence-electron chi connectivity index (χ4n) is 0.860. The van der Waals surface area contributed by atoms with E-state index in [-0.39, 0.29) is 0 Å². The molecule has 76 valence electrons. The third-order valence-corrected chi connectivity index (χ3v) is 2.20. The first-order valence-corrected chi connectivity index (χ1v) is 4.97. The van der Waals surface area contributed by atoms with E-state index >= 15 is 0 Å². The van der Waals surface area contributed by atoms with E-state index in [2.05, 4.69) is 31.1 Å². The molecule has 0 aliphatic heterocycles. The van der Waals surface area contributed by atoms with Gasteiger partial charge in [0.15, 0.2) is 0 Å². The Hall–Kier alpha value is -0.920. The number of likely N-dealkylation sites (N-methyl/N-ethyl adjacent to an activating group) is 1. The Bertz CT molecular complexity index is 161. The standard InChI is InChI=1S/C11H22N2/c1-5-10(2)6-8-13-9-7-11(3)12-4/h7,9-10,12-13H,3,5-6,8H2,1-2,4H3/b9-7-. The van der Waals surface area contributed by atoms with Crippen molar-refractivity contribution in [1.82, 2.24) is 10.6 Å². The number of hydrogen-bond donors (Lipinski definition) is 2. The molecule has 13 heavy (non-hydrogen) atoms. The molecule has 0 aromatic carbocycles. The van der Waals surface area contributed by atoms with Gasteiger partial charge in [0.25, 0.3) is 0 Å². The van der Waals surface area contributed by atoms with E-state index in [4.69, 9.17) is 0 Å². The second-order valence-corrected chi connectivity index (χ2v) is 3.36. The highest BCUT2D eigenvalue weighted by molar-refractivity contribution is 5.10. The van der Waals surface area contributed by atoms with Crippen LogP contribution in [0.4, 0.5) is 0 Å². The maximum atomic E-state index is 3.78. The molecule has 2 N–H and O–H groups in total. The van der Waals surface area contributed by atoms with Crippen molar-refractivity contribution in [3.63, 3.8) is 0 Å². The van der Waals surface area contributed by atoms with E-state index in [0.29, 0.717) is 0 Å². The summed E-state index contributed by atoms with van der Waals surface area (Å²) in [5.41, 5.74) is 0.927. The van der Waals surface area contributed by atoms with Crippen LogP contribution in [0.5, 0.6) is 0 Å². The van der Waals surface area contributed by atoms with Crippen LogP contribution >= 0.6 is 0 Å². The zero-order valence-corrected chi connectivity index (χ0v) is 9.06. The quantitative estimate of drug-likeness (QED) is 0.466. The number of hydrogen-bond acceptors (Lipinski definition) is 2. The minimum absolute atomic E-state index is 0.813. The number of allylic oxidation sites excluding steroid dienone is 1. The van der Waals surface area contributed by atoms with Crippen LogP contribution in [0.1, 0.15) is 26.7 Å². The third-order valence-electron chi connectivity index (χ3n) is 2.20. The molecule has 0 amide bonds. The monoisotopic (exact) mass is 182 g/mol.